The van der Waals surface area contributed by atoms with Gasteiger partial charge in [-0.05, 0) is 31.5 Å². The number of para-hydroxylation sites is 2. The van der Waals surface area contributed by atoms with Crippen molar-refractivity contribution < 1.29 is 38.8 Å². The van der Waals surface area contributed by atoms with E-state index in [0.717, 1.165) is 10.9 Å². The summed E-state index contributed by atoms with van der Waals surface area (Å²) in [4.78, 5) is 43.6. The third kappa shape index (κ3) is 4.50. The van der Waals surface area contributed by atoms with Crippen molar-refractivity contribution in [3.05, 3.63) is 59.7 Å². The fourth-order valence-electron chi connectivity index (χ4n) is 7.07. The number of hydrogen-bond acceptors (Lipinski definition) is 10. The molecule has 13 heteroatoms. The first-order valence-electron chi connectivity index (χ1n) is 15.3. The monoisotopic (exact) mass is 629 g/mol. The number of methoxy groups -OCH3 is 1. The highest BCUT2D eigenvalue weighted by Crippen LogP contribution is 2.46. The number of hydrogen-bond donors (Lipinski definition) is 6. The van der Waals surface area contributed by atoms with Crippen molar-refractivity contribution >= 4 is 61.4 Å². The Hall–Kier alpha value is -4.37. The number of benzene rings is 3. The lowest BCUT2D eigenvalue weighted by Gasteiger charge is -2.44. The maximum Gasteiger partial charge on any atom is 0.323 e. The number of aliphatic hydroxyl groups excluding tert-OH is 2. The number of carbonyl (C=O) groups excluding carboxylic acids is 3. The molecule has 2 aliphatic rings. The van der Waals surface area contributed by atoms with E-state index in [0.29, 0.717) is 58.5 Å². The first kappa shape index (κ1) is 30.3. The Bertz CT molecular complexity index is 2020. The molecule has 1 unspecified atom stereocenters. The van der Waals surface area contributed by atoms with E-state index in [1.54, 1.807) is 10.6 Å². The minimum Gasteiger partial charge on any atom is -0.453 e. The number of nitrogens with one attached hydrogen (secondary N) is 2. The highest BCUT2D eigenvalue weighted by Gasteiger charge is 2.50. The number of nitrogens with two attached hydrogens (primary N) is 2. The Morgan fingerprint density at radius 3 is 2.43 bits per heavy atom. The normalized spacial score (nSPS) is 23.8. The van der Waals surface area contributed by atoms with Crippen LogP contribution in [0.2, 0.25) is 0 Å². The van der Waals surface area contributed by atoms with E-state index in [1.165, 1.54) is 7.11 Å². The average Bonchev–Trinajstić information content (AvgIpc) is 3.70. The zero-order valence-electron chi connectivity index (χ0n) is 25.1. The van der Waals surface area contributed by atoms with E-state index >= 15 is 0 Å². The van der Waals surface area contributed by atoms with E-state index in [1.807, 2.05) is 42.5 Å². The van der Waals surface area contributed by atoms with Crippen LogP contribution in [0.4, 0.5) is 0 Å². The summed E-state index contributed by atoms with van der Waals surface area (Å²) >= 11 is 0. The number of ether oxygens (including phenoxy) is 3. The molecule has 46 heavy (non-hydrogen) atoms. The maximum absolute atomic E-state index is 13.5. The van der Waals surface area contributed by atoms with Gasteiger partial charge in [0.05, 0.1) is 34.3 Å². The second kappa shape index (κ2) is 11.8. The molecule has 4 heterocycles. The lowest BCUT2D eigenvalue weighted by molar-refractivity contribution is -0.262. The van der Waals surface area contributed by atoms with Gasteiger partial charge in [0.15, 0.2) is 12.3 Å². The highest BCUT2D eigenvalue weighted by atomic mass is 16.6. The largest absolute Gasteiger partial charge is 0.453 e. The van der Waals surface area contributed by atoms with Crippen molar-refractivity contribution in [1.29, 1.82) is 0 Å². The molecule has 8 N–H and O–H groups in total. The summed E-state index contributed by atoms with van der Waals surface area (Å²) in [7, 11) is 1.37. The van der Waals surface area contributed by atoms with Crippen LogP contribution in [-0.4, -0.2) is 88.3 Å². The molecular weight excluding hydrogens is 594 g/mol. The van der Waals surface area contributed by atoms with E-state index in [2.05, 4.69) is 10.3 Å². The van der Waals surface area contributed by atoms with Crippen LogP contribution in [0.1, 0.15) is 46.2 Å². The third-order valence-electron chi connectivity index (χ3n) is 9.15. The van der Waals surface area contributed by atoms with E-state index in [9.17, 15) is 24.6 Å². The second-order valence-corrected chi connectivity index (χ2v) is 11.8. The maximum atomic E-state index is 13.5. The van der Waals surface area contributed by atoms with Crippen LogP contribution >= 0.6 is 0 Å². The average molecular weight is 630 g/mol. The van der Waals surface area contributed by atoms with Gasteiger partial charge >= 0.3 is 5.97 Å². The molecular formula is C33H35N5O8. The van der Waals surface area contributed by atoms with Crippen LogP contribution in [0.15, 0.2) is 48.5 Å². The molecule has 0 saturated carbocycles. The Labute approximate surface area is 262 Å². The van der Waals surface area contributed by atoms with Crippen molar-refractivity contribution in [2.24, 2.45) is 11.5 Å². The minimum absolute atomic E-state index is 0.215. The quantitative estimate of drug-likeness (QED) is 0.0794. The first-order valence-corrected chi connectivity index (χ1v) is 15.3. The summed E-state index contributed by atoms with van der Waals surface area (Å²) in [5, 5.41) is 26.9. The standard InChI is InChI=1S/C33H35N5O8/c1-44-28-20(14-39)45-32(29(27(28)40)46-33(43)17(35)10-6-7-13-34)38-19-12-5-3-9-16(19)22-24-23(30(41)37-31(24)42)21-15-8-2-4-11-18(15)36-25(21)26(22)38/h2-5,8-9,11-12,17,20,27-29,32,36,39-40H,6-7,10,13-14,34-35H2,1H3,(H,37,41,42)/t17-,20+,27-,28+,29+,32?/m0/s1. The molecule has 240 valence electrons. The van der Waals surface area contributed by atoms with Gasteiger partial charge in [-0.1, -0.05) is 42.8 Å². The molecule has 1 saturated heterocycles. The van der Waals surface area contributed by atoms with Crippen LogP contribution in [-0.2, 0) is 19.0 Å². The van der Waals surface area contributed by atoms with Crippen molar-refractivity contribution in [2.75, 3.05) is 20.3 Å². The van der Waals surface area contributed by atoms with Crippen LogP contribution in [0, 0.1) is 0 Å². The molecule has 0 aliphatic carbocycles. The molecule has 0 spiro atoms. The molecule has 2 aromatic heterocycles. The fourth-order valence-corrected chi connectivity index (χ4v) is 7.07. The molecule has 1 fully saturated rings. The number of carbonyl (C=O) groups is 3. The second-order valence-electron chi connectivity index (χ2n) is 11.8. The molecule has 7 rings (SSSR count). The number of fused-ring (bicyclic) bond motifs is 10. The fraction of sp³-hybridized carbons (Fsp3) is 0.364. The third-order valence-corrected chi connectivity index (χ3v) is 9.15. The SMILES string of the molecule is CO[C@H]1[C@H](O)[C@@H](OC(=O)[C@@H](N)CCCCN)C(n2c3ccccc3c3c4c(c5c6ccccc6[nH]c5c32)C(=O)NC4=O)O[C@@H]1CO. The number of imide groups is 1. The molecule has 5 aromatic rings. The summed E-state index contributed by atoms with van der Waals surface area (Å²) in [6, 6.07) is 13.7. The number of aromatic nitrogens is 2. The Morgan fingerprint density at radius 1 is 1.02 bits per heavy atom. The molecule has 0 radical (unpaired) electrons. The van der Waals surface area contributed by atoms with Gasteiger partial charge in [0.1, 0.15) is 24.4 Å². The van der Waals surface area contributed by atoms with Gasteiger partial charge in [-0.3, -0.25) is 19.7 Å². The van der Waals surface area contributed by atoms with Gasteiger partial charge in [-0.25, -0.2) is 0 Å². The van der Waals surface area contributed by atoms with Gasteiger partial charge in [-0.15, -0.1) is 0 Å². The van der Waals surface area contributed by atoms with Crippen molar-refractivity contribution in [2.45, 2.75) is 55.9 Å². The summed E-state index contributed by atoms with van der Waals surface area (Å²) in [6.07, 6.45) is -4.41. The number of H-pyrrole nitrogens is 1. The Balaban J connectivity index is 1.52. The highest BCUT2D eigenvalue weighted by molar-refractivity contribution is 6.39. The van der Waals surface area contributed by atoms with Crippen molar-refractivity contribution in [3.63, 3.8) is 0 Å². The zero-order valence-corrected chi connectivity index (χ0v) is 25.1. The number of unbranched alkanes of at least 4 members (excludes halogenated alkanes) is 1. The van der Waals surface area contributed by atoms with Gasteiger partial charge in [0, 0.05) is 34.2 Å². The first-order chi connectivity index (χ1) is 22.3. The van der Waals surface area contributed by atoms with Gasteiger partial charge in [0.25, 0.3) is 11.8 Å². The predicted molar refractivity (Wildman–Crippen MR) is 169 cm³/mol. The molecule has 0 bridgehead atoms. The number of rotatable bonds is 9. The van der Waals surface area contributed by atoms with Crippen LogP contribution in [0.25, 0.3) is 43.6 Å². The number of amides is 2. The lowest BCUT2D eigenvalue weighted by atomic mass is 9.96. The van der Waals surface area contributed by atoms with Gasteiger partial charge < -0.3 is 45.4 Å². The predicted octanol–water partition coefficient (Wildman–Crippen LogP) is 1.95. The van der Waals surface area contributed by atoms with Gasteiger partial charge in [0.2, 0.25) is 0 Å². The lowest BCUT2D eigenvalue weighted by Crippen LogP contribution is -2.59. The number of esters is 1. The summed E-state index contributed by atoms with van der Waals surface area (Å²) in [5.74, 6) is -1.78. The van der Waals surface area contributed by atoms with Crippen molar-refractivity contribution in [1.82, 2.24) is 14.9 Å². The number of aliphatic hydroxyl groups is 2. The summed E-state index contributed by atoms with van der Waals surface area (Å²) in [6.45, 7) is -0.0447. The molecule has 2 aliphatic heterocycles. The van der Waals surface area contributed by atoms with Gasteiger partial charge in [-0.2, -0.15) is 0 Å². The molecule has 6 atom stereocenters. The smallest absolute Gasteiger partial charge is 0.323 e. The van der Waals surface area contributed by atoms with Crippen molar-refractivity contribution in [3.8, 4) is 0 Å². The molecule has 3 aromatic carbocycles. The summed E-state index contributed by atoms with van der Waals surface area (Å²) in [5.41, 5.74) is 14.6. The number of nitrogens with zero attached hydrogens (tertiary/aromatic N) is 1. The molecule has 13 nitrogen and oxygen atoms in total. The van der Waals surface area contributed by atoms with Crippen LogP contribution < -0.4 is 16.8 Å². The Kier molecular flexibility index (Phi) is 7.75. The van der Waals surface area contributed by atoms with E-state index in [-0.39, 0.29) is 11.1 Å². The van der Waals surface area contributed by atoms with E-state index < -0.39 is 61.1 Å². The summed E-state index contributed by atoms with van der Waals surface area (Å²) < 4.78 is 19.7. The van der Waals surface area contributed by atoms with Crippen LogP contribution in [0.5, 0.6) is 0 Å². The minimum atomic E-state index is -1.44. The topological polar surface area (TPSA) is 204 Å². The number of aromatic amines is 1. The van der Waals surface area contributed by atoms with Crippen LogP contribution in [0.3, 0.4) is 0 Å². The Morgan fingerprint density at radius 2 is 1.72 bits per heavy atom. The van der Waals surface area contributed by atoms with E-state index in [4.69, 9.17) is 25.7 Å². The molecule has 2 amide bonds. The zero-order chi connectivity index (χ0) is 32.3.